The minimum absolute atomic E-state index is 0.0690. The van der Waals surface area contributed by atoms with Crippen LogP contribution < -0.4 is 5.32 Å². The maximum Gasteiger partial charge on any atom is 0.308 e. The van der Waals surface area contributed by atoms with E-state index in [1.165, 1.54) is 0 Å². The summed E-state index contributed by atoms with van der Waals surface area (Å²) in [6.45, 7) is 4.88. The molecule has 0 spiro atoms. The minimum atomic E-state index is -0.778. The molecule has 0 aromatic heterocycles. The number of rotatable bonds is 3. The lowest BCUT2D eigenvalue weighted by molar-refractivity contribution is -0.142. The van der Waals surface area contributed by atoms with Gasteiger partial charge in [0.25, 0.3) is 0 Å². The average molecular weight is 254 g/mol. The van der Waals surface area contributed by atoms with E-state index in [-0.39, 0.29) is 17.7 Å². The van der Waals surface area contributed by atoms with E-state index in [1.54, 1.807) is 4.90 Å². The molecular formula is C13H22N2O3. The van der Waals surface area contributed by atoms with Crippen LogP contribution in [0.25, 0.3) is 0 Å². The van der Waals surface area contributed by atoms with Crippen molar-refractivity contribution in [2.75, 3.05) is 26.2 Å². The van der Waals surface area contributed by atoms with Crippen molar-refractivity contribution in [2.24, 2.45) is 17.8 Å². The Morgan fingerprint density at radius 1 is 1.28 bits per heavy atom. The van der Waals surface area contributed by atoms with Crippen molar-refractivity contribution >= 4 is 11.9 Å². The van der Waals surface area contributed by atoms with E-state index >= 15 is 0 Å². The number of aliphatic carboxylic acids is 1. The second-order valence-electron chi connectivity index (χ2n) is 5.62. The molecule has 0 aromatic rings. The molecule has 2 rings (SSSR count). The second kappa shape index (κ2) is 5.69. The topological polar surface area (TPSA) is 69.6 Å². The fraction of sp³-hybridized carbons (Fsp3) is 0.846. The molecule has 1 amide bonds. The number of hydrogen-bond acceptors (Lipinski definition) is 3. The Balaban J connectivity index is 1.84. The highest BCUT2D eigenvalue weighted by Crippen LogP contribution is 2.25. The third-order valence-corrected chi connectivity index (χ3v) is 4.20. The molecule has 5 heteroatoms. The number of hydrogen-bond donors (Lipinski definition) is 2. The van der Waals surface area contributed by atoms with Crippen LogP contribution in [0, 0.1) is 17.8 Å². The molecule has 2 saturated heterocycles. The number of likely N-dealkylation sites (tertiary alicyclic amines) is 1. The fourth-order valence-corrected chi connectivity index (χ4v) is 2.95. The second-order valence-corrected chi connectivity index (χ2v) is 5.62. The van der Waals surface area contributed by atoms with E-state index in [2.05, 4.69) is 5.32 Å². The van der Waals surface area contributed by atoms with Gasteiger partial charge in [0.05, 0.1) is 5.92 Å². The quantitative estimate of drug-likeness (QED) is 0.772. The Kier molecular flexibility index (Phi) is 4.22. The molecule has 102 valence electrons. The van der Waals surface area contributed by atoms with Crippen LogP contribution in [0.5, 0.6) is 0 Å². The van der Waals surface area contributed by atoms with Gasteiger partial charge < -0.3 is 15.3 Å². The molecule has 5 nitrogen and oxygen atoms in total. The summed E-state index contributed by atoms with van der Waals surface area (Å²) >= 11 is 0. The standard InChI is InChI=1S/C13H22N2O3/c1-9-7-15(8-11(9)13(17)18)12(16)6-10-2-4-14-5-3-10/h9-11,14H,2-8H2,1H3,(H,17,18). The first-order valence-corrected chi connectivity index (χ1v) is 6.79. The van der Waals surface area contributed by atoms with Gasteiger partial charge in [0.15, 0.2) is 0 Å². The highest BCUT2D eigenvalue weighted by molar-refractivity contribution is 5.79. The molecule has 2 unspecified atom stereocenters. The Labute approximate surface area is 108 Å². The molecule has 2 aliphatic rings. The first-order valence-electron chi connectivity index (χ1n) is 6.79. The smallest absolute Gasteiger partial charge is 0.308 e. The Hall–Kier alpha value is -1.10. The molecule has 0 bridgehead atoms. The number of carbonyl (C=O) groups excluding carboxylic acids is 1. The zero-order chi connectivity index (χ0) is 13.1. The number of piperidine rings is 1. The van der Waals surface area contributed by atoms with Crippen molar-refractivity contribution in [3.63, 3.8) is 0 Å². The number of carboxylic acid groups (broad SMARTS) is 1. The van der Waals surface area contributed by atoms with Gasteiger partial charge in [0.1, 0.15) is 0 Å². The number of nitrogens with zero attached hydrogens (tertiary/aromatic N) is 1. The lowest BCUT2D eigenvalue weighted by atomic mass is 9.94. The summed E-state index contributed by atoms with van der Waals surface area (Å²) in [6.07, 6.45) is 2.69. The van der Waals surface area contributed by atoms with Crippen LogP contribution in [0.2, 0.25) is 0 Å². The lowest BCUT2D eigenvalue weighted by Crippen LogP contribution is -2.34. The molecule has 2 N–H and O–H groups in total. The van der Waals surface area contributed by atoms with E-state index in [1.807, 2.05) is 6.92 Å². The molecule has 0 saturated carbocycles. The number of amides is 1. The monoisotopic (exact) mass is 254 g/mol. The van der Waals surface area contributed by atoms with E-state index in [0.717, 1.165) is 25.9 Å². The molecule has 2 heterocycles. The van der Waals surface area contributed by atoms with Gasteiger partial charge in [-0.15, -0.1) is 0 Å². The Morgan fingerprint density at radius 2 is 1.94 bits per heavy atom. The van der Waals surface area contributed by atoms with E-state index in [0.29, 0.717) is 25.4 Å². The van der Waals surface area contributed by atoms with Gasteiger partial charge in [-0.05, 0) is 37.8 Å². The predicted octanol–water partition coefficient (Wildman–Crippen LogP) is 0.555. The number of nitrogens with one attached hydrogen (secondary N) is 1. The molecule has 0 radical (unpaired) electrons. The van der Waals surface area contributed by atoms with Crippen LogP contribution in [-0.4, -0.2) is 48.1 Å². The maximum atomic E-state index is 12.1. The summed E-state index contributed by atoms with van der Waals surface area (Å²) < 4.78 is 0. The summed E-state index contributed by atoms with van der Waals surface area (Å²) in [5.74, 6) is -0.489. The van der Waals surface area contributed by atoms with Crippen LogP contribution in [0.4, 0.5) is 0 Å². The van der Waals surface area contributed by atoms with Crippen LogP contribution in [-0.2, 0) is 9.59 Å². The minimum Gasteiger partial charge on any atom is -0.481 e. The maximum absolute atomic E-state index is 12.1. The summed E-state index contributed by atoms with van der Waals surface area (Å²) in [5, 5.41) is 12.3. The summed E-state index contributed by atoms with van der Waals surface area (Å²) in [5.41, 5.74) is 0. The third kappa shape index (κ3) is 3.02. The van der Waals surface area contributed by atoms with E-state index in [9.17, 15) is 9.59 Å². The molecule has 0 aliphatic carbocycles. The molecule has 18 heavy (non-hydrogen) atoms. The fourth-order valence-electron chi connectivity index (χ4n) is 2.95. The van der Waals surface area contributed by atoms with Crippen LogP contribution in [0.3, 0.4) is 0 Å². The molecule has 2 fully saturated rings. The van der Waals surface area contributed by atoms with E-state index < -0.39 is 5.97 Å². The highest BCUT2D eigenvalue weighted by atomic mass is 16.4. The van der Waals surface area contributed by atoms with Gasteiger partial charge in [-0.2, -0.15) is 0 Å². The zero-order valence-corrected chi connectivity index (χ0v) is 10.9. The van der Waals surface area contributed by atoms with Gasteiger partial charge in [-0.1, -0.05) is 6.92 Å². The summed E-state index contributed by atoms with van der Waals surface area (Å²) in [6, 6.07) is 0. The van der Waals surface area contributed by atoms with Crippen LogP contribution in [0.15, 0.2) is 0 Å². The van der Waals surface area contributed by atoms with Gasteiger partial charge >= 0.3 is 5.97 Å². The van der Waals surface area contributed by atoms with Crippen molar-refractivity contribution in [3.05, 3.63) is 0 Å². The molecule has 2 atom stereocenters. The van der Waals surface area contributed by atoms with Crippen molar-refractivity contribution in [2.45, 2.75) is 26.2 Å². The van der Waals surface area contributed by atoms with E-state index in [4.69, 9.17) is 5.11 Å². The van der Waals surface area contributed by atoms with Crippen molar-refractivity contribution < 1.29 is 14.7 Å². The third-order valence-electron chi connectivity index (χ3n) is 4.20. The normalized spacial score (nSPS) is 29.5. The Bertz CT molecular complexity index is 326. The largest absolute Gasteiger partial charge is 0.481 e. The van der Waals surface area contributed by atoms with Crippen molar-refractivity contribution in [1.29, 1.82) is 0 Å². The SMILES string of the molecule is CC1CN(C(=O)CC2CCNCC2)CC1C(=O)O. The molecule has 0 aromatic carbocycles. The van der Waals surface area contributed by atoms with Crippen molar-refractivity contribution in [1.82, 2.24) is 10.2 Å². The first-order chi connectivity index (χ1) is 8.58. The molecular weight excluding hydrogens is 232 g/mol. The zero-order valence-electron chi connectivity index (χ0n) is 10.9. The van der Waals surface area contributed by atoms with Gasteiger partial charge in [-0.25, -0.2) is 0 Å². The van der Waals surface area contributed by atoms with Gasteiger partial charge in [0.2, 0.25) is 5.91 Å². The van der Waals surface area contributed by atoms with Gasteiger partial charge in [-0.3, -0.25) is 9.59 Å². The molecule has 2 aliphatic heterocycles. The average Bonchev–Trinajstić information content (AvgIpc) is 2.73. The first kappa shape index (κ1) is 13.3. The summed E-state index contributed by atoms with van der Waals surface area (Å²) in [4.78, 5) is 24.9. The highest BCUT2D eigenvalue weighted by Gasteiger charge is 2.37. The van der Waals surface area contributed by atoms with Gasteiger partial charge in [0, 0.05) is 19.5 Å². The lowest BCUT2D eigenvalue weighted by Gasteiger charge is -2.24. The van der Waals surface area contributed by atoms with Crippen LogP contribution in [0.1, 0.15) is 26.2 Å². The Morgan fingerprint density at radius 3 is 2.50 bits per heavy atom. The van der Waals surface area contributed by atoms with Crippen molar-refractivity contribution in [3.8, 4) is 0 Å². The van der Waals surface area contributed by atoms with Crippen LogP contribution >= 0.6 is 0 Å². The summed E-state index contributed by atoms with van der Waals surface area (Å²) in [7, 11) is 0. The number of carbonyl (C=O) groups is 2. The number of carboxylic acids is 1. The predicted molar refractivity (Wildman–Crippen MR) is 67.1 cm³/mol.